The van der Waals surface area contributed by atoms with E-state index in [1.807, 2.05) is 7.05 Å². The van der Waals surface area contributed by atoms with Gasteiger partial charge < -0.3 is 15.0 Å². The fraction of sp³-hybridized carbons (Fsp3) is 0.933. The summed E-state index contributed by atoms with van der Waals surface area (Å²) < 4.78 is 5.49. The van der Waals surface area contributed by atoms with Crippen LogP contribution in [0, 0.1) is 11.8 Å². The molecule has 0 aromatic carbocycles. The fourth-order valence-corrected chi connectivity index (χ4v) is 3.32. The first-order valence-corrected chi connectivity index (χ1v) is 7.69. The van der Waals surface area contributed by atoms with E-state index in [9.17, 15) is 4.79 Å². The summed E-state index contributed by atoms with van der Waals surface area (Å²) in [7, 11) is 1.92. The molecule has 0 spiro atoms. The van der Waals surface area contributed by atoms with Crippen LogP contribution in [0.1, 0.15) is 39.5 Å². The molecule has 1 saturated heterocycles. The predicted octanol–water partition coefficient (Wildman–Crippen LogP) is 1.65. The Hall–Kier alpha value is -0.610. The third-order valence-corrected chi connectivity index (χ3v) is 4.38. The molecule has 0 aromatic heterocycles. The lowest BCUT2D eigenvalue weighted by molar-refractivity contribution is -0.139. The van der Waals surface area contributed by atoms with Crippen LogP contribution in [0.4, 0.5) is 0 Å². The van der Waals surface area contributed by atoms with Crippen molar-refractivity contribution in [3.05, 3.63) is 0 Å². The maximum Gasteiger partial charge on any atom is 0.229 e. The first kappa shape index (κ1) is 14.8. The first-order valence-electron chi connectivity index (χ1n) is 7.69. The van der Waals surface area contributed by atoms with E-state index in [1.165, 1.54) is 25.7 Å². The van der Waals surface area contributed by atoms with Gasteiger partial charge in [0.2, 0.25) is 5.91 Å². The van der Waals surface area contributed by atoms with Gasteiger partial charge >= 0.3 is 0 Å². The molecule has 0 aromatic rings. The lowest BCUT2D eigenvalue weighted by Gasteiger charge is -2.33. The minimum atomic E-state index is 0.00403. The Balaban J connectivity index is 2.05. The van der Waals surface area contributed by atoms with Gasteiger partial charge in [-0.3, -0.25) is 4.79 Å². The van der Waals surface area contributed by atoms with Gasteiger partial charge in [-0.1, -0.05) is 26.7 Å². The molecular formula is C15H28N2O2. The maximum absolute atomic E-state index is 12.8. The highest BCUT2D eigenvalue weighted by Gasteiger charge is 2.38. The van der Waals surface area contributed by atoms with E-state index in [4.69, 9.17) is 4.74 Å². The second-order valence-electron chi connectivity index (χ2n) is 6.36. The van der Waals surface area contributed by atoms with Crippen LogP contribution in [0.15, 0.2) is 0 Å². The van der Waals surface area contributed by atoms with E-state index < -0.39 is 0 Å². The molecule has 4 heteroatoms. The van der Waals surface area contributed by atoms with Gasteiger partial charge in [0.25, 0.3) is 0 Å². The molecule has 1 aliphatic heterocycles. The van der Waals surface area contributed by atoms with Crippen molar-refractivity contribution in [2.75, 3.05) is 26.8 Å². The smallest absolute Gasteiger partial charge is 0.229 e. The molecule has 1 aliphatic carbocycles. The molecule has 19 heavy (non-hydrogen) atoms. The third-order valence-electron chi connectivity index (χ3n) is 4.38. The van der Waals surface area contributed by atoms with Crippen LogP contribution < -0.4 is 5.32 Å². The Bertz CT molecular complexity index is 301. The van der Waals surface area contributed by atoms with Crippen molar-refractivity contribution < 1.29 is 9.53 Å². The van der Waals surface area contributed by atoms with Crippen LogP contribution >= 0.6 is 0 Å². The normalized spacial score (nSPS) is 28.2. The van der Waals surface area contributed by atoms with E-state index in [1.54, 1.807) is 0 Å². The van der Waals surface area contributed by atoms with E-state index in [2.05, 4.69) is 24.1 Å². The third kappa shape index (κ3) is 3.48. The quantitative estimate of drug-likeness (QED) is 0.824. The largest absolute Gasteiger partial charge is 0.379 e. The van der Waals surface area contributed by atoms with Crippen molar-refractivity contribution in [2.24, 2.45) is 11.8 Å². The van der Waals surface area contributed by atoms with Gasteiger partial charge in [0.05, 0.1) is 19.1 Å². The molecule has 110 valence electrons. The summed E-state index contributed by atoms with van der Waals surface area (Å²) in [6, 6.07) is 0.650. The molecule has 2 rings (SSSR count). The van der Waals surface area contributed by atoms with Crippen molar-refractivity contribution in [2.45, 2.75) is 51.6 Å². The van der Waals surface area contributed by atoms with Gasteiger partial charge in [-0.2, -0.15) is 0 Å². The number of hydrogen-bond acceptors (Lipinski definition) is 3. The lowest BCUT2D eigenvalue weighted by atomic mass is 9.99. The van der Waals surface area contributed by atoms with Crippen LogP contribution in [0.2, 0.25) is 0 Å². The number of nitrogens with one attached hydrogen (secondary N) is 1. The van der Waals surface area contributed by atoms with Crippen LogP contribution in [0.25, 0.3) is 0 Å². The number of carbonyl (C=O) groups excluding carboxylic acids is 1. The van der Waals surface area contributed by atoms with Crippen molar-refractivity contribution in [1.29, 1.82) is 0 Å². The monoisotopic (exact) mass is 268 g/mol. The molecule has 1 saturated carbocycles. The Morgan fingerprint density at radius 2 is 2.00 bits per heavy atom. The van der Waals surface area contributed by atoms with E-state index in [-0.39, 0.29) is 12.0 Å². The molecule has 1 N–H and O–H groups in total. The zero-order valence-corrected chi connectivity index (χ0v) is 12.5. The van der Waals surface area contributed by atoms with Crippen LogP contribution in [0.3, 0.4) is 0 Å². The topological polar surface area (TPSA) is 41.6 Å². The molecule has 4 nitrogen and oxygen atoms in total. The zero-order chi connectivity index (χ0) is 13.8. The Morgan fingerprint density at radius 3 is 2.58 bits per heavy atom. The fourth-order valence-electron chi connectivity index (χ4n) is 3.32. The highest BCUT2D eigenvalue weighted by Crippen LogP contribution is 2.27. The summed E-state index contributed by atoms with van der Waals surface area (Å²) in [5.74, 6) is 0.835. The van der Waals surface area contributed by atoms with Crippen molar-refractivity contribution in [3.8, 4) is 0 Å². The van der Waals surface area contributed by atoms with Gasteiger partial charge in [-0.05, 0) is 25.8 Å². The summed E-state index contributed by atoms with van der Waals surface area (Å²) in [4.78, 5) is 15.0. The highest BCUT2D eigenvalue weighted by atomic mass is 16.5. The Kier molecular flexibility index (Phi) is 5.22. The second kappa shape index (κ2) is 6.71. The summed E-state index contributed by atoms with van der Waals surface area (Å²) in [6.07, 6.45) is 4.89. The SMILES string of the molecule is CNC1COCC1C(=O)N(CC(C)C)C1CCCC1. The summed E-state index contributed by atoms with van der Waals surface area (Å²) in [5.41, 5.74) is 0. The van der Waals surface area contributed by atoms with Crippen LogP contribution in [-0.2, 0) is 9.53 Å². The van der Waals surface area contributed by atoms with Gasteiger partial charge in [-0.25, -0.2) is 0 Å². The second-order valence-corrected chi connectivity index (χ2v) is 6.36. The Morgan fingerprint density at radius 1 is 1.32 bits per heavy atom. The lowest BCUT2D eigenvalue weighted by Crippen LogP contribution is -2.49. The zero-order valence-electron chi connectivity index (χ0n) is 12.5. The molecule has 0 bridgehead atoms. The van der Waals surface area contributed by atoms with E-state index in [0.29, 0.717) is 31.1 Å². The molecule has 1 amide bonds. The maximum atomic E-state index is 12.8. The van der Waals surface area contributed by atoms with Gasteiger partial charge in [0, 0.05) is 18.6 Å². The first-order chi connectivity index (χ1) is 9.13. The minimum Gasteiger partial charge on any atom is -0.379 e. The summed E-state index contributed by atoms with van der Waals surface area (Å²) >= 11 is 0. The summed E-state index contributed by atoms with van der Waals surface area (Å²) in [5, 5.41) is 3.22. The number of nitrogens with zero attached hydrogens (tertiary/aromatic N) is 1. The molecule has 2 aliphatic rings. The number of ether oxygens (including phenoxy) is 1. The standard InChI is InChI=1S/C15H28N2O2/c1-11(2)8-17(12-6-4-5-7-12)15(18)13-9-19-10-14(13)16-3/h11-14,16H,4-10H2,1-3H3. The van der Waals surface area contributed by atoms with Gasteiger partial charge in [0.15, 0.2) is 0 Å². The average molecular weight is 268 g/mol. The van der Waals surface area contributed by atoms with E-state index in [0.717, 1.165) is 6.54 Å². The highest BCUT2D eigenvalue weighted by molar-refractivity contribution is 5.80. The molecule has 1 heterocycles. The number of likely N-dealkylation sites (N-methyl/N-ethyl adjacent to an activating group) is 1. The number of carbonyl (C=O) groups is 1. The van der Waals surface area contributed by atoms with Crippen LogP contribution in [-0.4, -0.2) is 49.7 Å². The molecule has 2 atom stereocenters. The number of rotatable bonds is 5. The van der Waals surface area contributed by atoms with E-state index >= 15 is 0 Å². The Labute approximate surface area is 116 Å². The van der Waals surface area contributed by atoms with Gasteiger partial charge in [0.1, 0.15) is 0 Å². The molecule has 2 unspecified atom stereocenters. The minimum absolute atomic E-state index is 0.00403. The van der Waals surface area contributed by atoms with Crippen molar-refractivity contribution >= 4 is 5.91 Å². The van der Waals surface area contributed by atoms with Gasteiger partial charge in [-0.15, -0.1) is 0 Å². The molecular weight excluding hydrogens is 240 g/mol. The molecule has 0 radical (unpaired) electrons. The summed E-state index contributed by atoms with van der Waals surface area (Å²) in [6.45, 7) is 6.50. The van der Waals surface area contributed by atoms with Crippen molar-refractivity contribution in [3.63, 3.8) is 0 Å². The van der Waals surface area contributed by atoms with Crippen LogP contribution in [0.5, 0.6) is 0 Å². The molecule has 2 fully saturated rings. The average Bonchev–Trinajstić information content (AvgIpc) is 3.05. The van der Waals surface area contributed by atoms with Crippen molar-refractivity contribution in [1.82, 2.24) is 10.2 Å². The number of amides is 1. The predicted molar refractivity (Wildman–Crippen MR) is 76.0 cm³/mol. The number of hydrogen-bond donors (Lipinski definition) is 1.